The number of nitrogens with zero attached hydrogens (tertiary/aromatic N) is 2. The minimum Gasteiger partial charge on any atom is -0.493 e. The third kappa shape index (κ3) is 4.29. The van der Waals surface area contributed by atoms with E-state index in [1.165, 1.54) is 0 Å². The van der Waals surface area contributed by atoms with Gasteiger partial charge in [0.1, 0.15) is 11.6 Å². The summed E-state index contributed by atoms with van der Waals surface area (Å²) in [6.07, 6.45) is 3.22. The molecule has 1 aliphatic rings. The minimum atomic E-state index is -3.62. The van der Waals surface area contributed by atoms with Gasteiger partial charge in [-0.3, -0.25) is 0 Å². The fraction of sp³-hybridized carbons (Fsp3) is 0.375. The van der Waals surface area contributed by atoms with E-state index >= 15 is 0 Å². The molecule has 0 bridgehead atoms. The van der Waals surface area contributed by atoms with Gasteiger partial charge in [0.15, 0.2) is 5.75 Å². The second-order valence-corrected chi connectivity index (χ2v) is 8.83. The summed E-state index contributed by atoms with van der Waals surface area (Å²) < 4.78 is 36.1. The van der Waals surface area contributed by atoms with Crippen LogP contribution in [0.25, 0.3) is 0 Å². The van der Waals surface area contributed by atoms with E-state index in [1.54, 1.807) is 12.3 Å². The number of nitrogens with two attached hydrogens (primary N) is 2. The summed E-state index contributed by atoms with van der Waals surface area (Å²) in [7, 11) is -3.62. The molecule has 10 heteroatoms. The number of anilines is 2. The molecule has 1 fully saturated rings. The Balaban J connectivity index is 1.96. The lowest BCUT2D eigenvalue weighted by molar-refractivity contribution is 0.336. The standard InChI is InChI=1S/C16H19IN4O4S/c1-2-24-12-6-9(5-10-8-20-16(19)21-15(10)18)7-13(14(12)17)25-26(22,23)11-3-4-11/h6-8,11H,2-5H2,1H3,(H4,18,19,20,21). The Morgan fingerprint density at radius 2 is 1.96 bits per heavy atom. The van der Waals surface area contributed by atoms with Crippen LogP contribution in [-0.2, 0) is 16.5 Å². The molecule has 1 aliphatic carbocycles. The molecular formula is C16H19IN4O4S. The molecule has 0 saturated heterocycles. The second-order valence-electron chi connectivity index (χ2n) is 5.93. The Morgan fingerprint density at radius 3 is 2.58 bits per heavy atom. The number of nitrogen functional groups attached to an aromatic ring is 2. The van der Waals surface area contributed by atoms with E-state index in [0.29, 0.717) is 40.8 Å². The lowest BCUT2D eigenvalue weighted by Gasteiger charge is -2.14. The van der Waals surface area contributed by atoms with Gasteiger partial charge in [0.25, 0.3) is 0 Å². The first-order valence-electron chi connectivity index (χ1n) is 8.05. The molecule has 4 N–H and O–H groups in total. The van der Waals surface area contributed by atoms with E-state index in [2.05, 4.69) is 9.97 Å². The zero-order valence-corrected chi connectivity index (χ0v) is 17.1. The maximum atomic E-state index is 12.2. The lowest BCUT2D eigenvalue weighted by atomic mass is 10.1. The molecule has 2 aromatic rings. The van der Waals surface area contributed by atoms with Crippen LogP contribution < -0.4 is 20.4 Å². The summed E-state index contributed by atoms with van der Waals surface area (Å²) in [5.74, 6) is 1.19. The van der Waals surface area contributed by atoms with Gasteiger partial charge >= 0.3 is 10.1 Å². The van der Waals surface area contributed by atoms with Crippen molar-refractivity contribution in [2.24, 2.45) is 0 Å². The number of hydrogen-bond acceptors (Lipinski definition) is 8. The van der Waals surface area contributed by atoms with Crippen molar-refractivity contribution in [3.8, 4) is 11.5 Å². The summed E-state index contributed by atoms with van der Waals surface area (Å²) >= 11 is 2.03. The van der Waals surface area contributed by atoms with Gasteiger partial charge in [-0.15, -0.1) is 0 Å². The number of halogens is 1. The third-order valence-electron chi connectivity index (χ3n) is 3.82. The molecule has 26 heavy (non-hydrogen) atoms. The molecule has 0 spiro atoms. The Bertz CT molecular complexity index is 932. The Kier molecular flexibility index (Phi) is 5.42. The molecule has 0 aliphatic heterocycles. The molecule has 0 unspecified atom stereocenters. The molecule has 140 valence electrons. The van der Waals surface area contributed by atoms with Crippen LogP contribution in [0.4, 0.5) is 11.8 Å². The van der Waals surface area contributed by atoms with Crippen molar-refractivity contribution in [1.82, 2.24) is 9.97 Å². The molecule has 3 rings (SSSR count). The lowest BCUT2D eigenvalue weighted by Crippen LogP contribution is -2.15. The molecule has 1 aromatic heterocycles. The van der Waals surface area contributed by atoms with Crippen molar-refractivity contribution in [3.63, 3.8) is 0 Å². The van der Waals surface area contributed by atoms with Gasteiger partial charge in [0.05, 0.1) is 15.4 Å². The minimum absolute atomic E-state index is 0.100. The SMILES string of the molecule is CCOc1cc(Cc2cnc(N)nc2N)cc(OS(=O)(=O)C2CC2)c1I. The maximum Gasteiger partial charge on any atom is 0.312 e. The largest absolute Gasteiger partial charge is 0.493 e. The van der Waals surface area contributed by atoms with Crippen LogP contribution in [0.5, 0.6) is 11.5 Å². The molecule has 1 saturated carbocycles. The number of rotatable bonds is 7. The van der Waals surface area contributed by atoms with Crippen LogP contribution in [0.2, 0.25) is 0 Å². The summed E-state index contributed by atoms with van der Waals surface area (Å²) in [5.41, 5.74) is 12.9. The normalized spacial score (nSPS) is 14.2. The van der Waals surface area contributed by atoms with Crippen molar-refractivity contribution in [3.05, 3.63) is 33.0 Å². The van der Waals surface area contributed by atoms with Crippen LogP contribution in [-0.4, -0.2) is 30.2 Å². The summed E-state index contributed by atoms with van der Waals surface area (Å²) in [6, 6.07) is 3.51. The highest BCUT2D eigenvalue weighted by Gasteiger charge is 2.38. The number of hydrogen-bond donors (Lipinski definition) is 2. The van der Waals surface area contributed by atoms with Crippen LogP contribution in [0, 0.1) is 3.57 Å². The highest BCUT2D eigenvalue weighted by atomic mass is 127. The van der Waals surface area contributed by atoms with Gasteiger partial charge in [0.2, 0.25) is 5.95 Å². The summed E-state index contributed by atoms with van der Waals surface area (Å²) in [6.45, 7) is 2.30. The molecule has 8 nitrogen and oxygen atoms in total. The van der Waals surface area contributed by atoms with Crippen LogP contribution in [0.1, 0.15) is 30.9 Å². The van der Waals surface area contributed by atoms with E-state index in [1.807, 2.05) is 35.6 Å². The van der Waals surface area contributed by atoms with Crippen LogP contribution in [0.15, 0.2) is 18.3 Å². The predicted octanol–water partition coefficient (Wildman–Crippen LogP) is 2.11. The van der Waals surface area contributed by atoms with Gasteiger partial charge in [-0.1, -0.05) is 0 Å². The highest BCUT2D eigenvalue weighted by Crippen LogP contribution is 2.37. The Hall–Kier alpha value is -1.82. The van der Waals surface area contributed by atoms with Gasteiger partial charge in [-0.2, -0.15) is 13.4 Å². The van der Waals surface area contributed by atoms with Crippen LogP contribution in [0.3, 0.4) is 0 Å². The smallest absolute Gasteiger partial charge is 0.312 e. The first kappa shape index (κ1) is 19.0. The molecule has 1 aromatic carbocycles. The zero-order chi connectivity index (χ0) is 18.9. The Morgan fingerprint density at radius 1 is 1.27 bits per heavy atom. The van der Waals surface area contributed by atoms with E-state index < -0.39 is 15.4 Å². The van der Waals surface area contributed by atoms with Crippen molar-refractivity contribution >= 4 is 44.5 Å². The average Bonchev–Trinajstić information content (AvgIpc) is 3.40. The molecule has 0 atom stereocenters. The summed E-state index contributed by atoms with van der Waals surface area (Å²) in [4.78, 5) is 7.90. The van der Waals surface area contributed by atoms with Gasteiger partial charge in [-0.25, -0.2) is 4.98 Å². The number of aromatic nitrogens is 2. The van der Waals surface area contributed by atoms with Crippen molar-refractivity contribution in [2.45, 2.75) is 31.4 Å². The first-order chi connectivity index (χ1) is 12.3. The van der Waals surface area contributed by atoms with E-state index in [9.17, 15) is 8.42 Å². The maximum absolute atomic E-state index is 12.2. The third-order valence-corrected chi connectivity index (χ3v) is 6.58. The van der Waals surface area contributed by atoms with Gasteiger partial charge in [0, 0.05) is 18.2 Å². The molecule has 0 radical (unpaired) electrons. The highest BCUT2D eigenvalue weighted by molar-refractivity contribution is 14.1. The number of ether oxygens (including phenoxy) is 1. The molecule has 1 heterocycles. The summed E-state index contributed by atoms with van der Waals surface area (Å²) in [5, 5.41) is -0.418. The van der Waals surface area contributed by atoms with Crippen molar-refractivity contribution < 1.29 is 17.3 Å². The van der Waals surface area contributed by atoms with E-state index in [4.69, 9.17) is 20.4 Å². The van der Waals surface area contributed by atoms with E-state index in [-0.39, 0.29) is 17.5 Å². The quantitative estimate of drug-likeness (QED) is 0.446. The van der Waals surface area contributed by atoms with Crippen molar-refractivity contribution in [1.29, 1.82) is 0 Å². The number of benzene rings is 1. The molecule has 0 amide bonds. The van der Waals surface area contributed by atoms with Gasteiger partial charge < -0.3 is 20.4 Å². The van der Waals surface area contributed by atoms with E-state index in [0.717, 1.165) is 5.56 Å². The van der Waals surface area contributed by atoms with Crippen LogP contribution >= 0.6 is 22.6 Å². The fourth-order valence-corrected chi connectivity index (χ4v) is 4.35. The van der Waals surface area contributed by atoms with Crippen molar-refractivity contribution in [2.75, 3.05) is 18.1 Å². The monoisotopic (exact) mass is 490 g/mol. The van der Waals surface area contributed by atoms with Gasteiger partial charge in [-0.05, 0) is 60.1 Å². The Labute approximate surface area is 165 Å². The predicted molar refractivity (Wildman–Crippen MR) is 107 cm³/mol. The fourth-order valence-electron chi connectivity index (χ4n) is 2.39. The second kappa shape index (κ2) is 7.43. The average molecular weight is 490 g/mol. The zero-order valence-electron chi connectivity index (χ0n) is 14.1. The topological polar surface area (TPSA) is 130 Å². The molecular weight excluding hydrogens is 471 g/mol. The first-order valence-corrected chi connectivity index (χ1v) is 10.6.